The lowest BCUT2D eigenvalue weighted by molar-refractivity contribution is 0.0690. The van der Waals surface area contributed by atoms with Gasteiger partial charge in [-0.3, -0.25) is 0 Å². The van der Waals surface area contributed by atoms with E-state index >= 15 is 0 Å². The van der Waals surface area contributed by atoms with E-state index in [0.717, 1.165) is 6.07 Å². The Morgan fingerprint density at radius 2 is 2.00 bits per heavy atom. The zero-order valence-corrected chi connectivity index (χ0v) is 10.00. The van der Waals surface area contributed by atoms with Crippen LogP contribution >= 0.6 is 0 Å². The molecule has 6 heteroatoms. The SMILES string of the molecule is O=C(O)c1cc(O)c2ccc(CCCO)c(O)c2n1. The summed E-state index contributed by atoms with van der Waals surface area (Å²) in [4.78, 5) is 14.7. The molecule has 2 rings (SSSR count). The second kappa shape index (κ2) is 5.11. The topological polar surface area (TPSA) is 111 Å². The summed E-state index contributed by atoms with van der Waals surface area (Å²) in [5.41, 5.74) is 0.267. The lowest BCUT2D eigenvalue weighted by atomic mass is 10.0. The van der Waals surface area contributed by atoms with Crippen LogP contribution in [0.4, 0.5) is 0 Å². The molecule has 0 spiro atoms. The van der Waals surface area contributed by atoms with Gasteiger partial charge in [-0.25, -0.2) is 9.78 Å². The summed E-state index contributed by atoms with van der Waals surface area (Å²) in [6.45, 7) is -0.00861. The summed E-state index contributed by atoms with van der Waals surface area (Å²) in [5, 5.41) is 37.7. The smallest absolute Gasteiger partial charge is 0.354 e. The number of aliphatic hydroxyl groups is 1. The van der Waals surface area contributed by atoms with Crippen LogP contribution in [0.15, 0.2) is 18.2 Å². The summed E-state index contributed by atoms with van der Waals surface area (Å²) >= 11 is 0. The summed E-state index contributed by atoms with van der Waals surface area (Å²) in [5.74, 6) is -1.69. The third-order valence-electron chi connectivity index (χ3n) is 2.84. The lowest BCUT2D eigenvalue weighted by Gasteiger charge is -2.08. The number of aromatic hydroxyl groups is 2. The Bertz CT molecular complexity index is 638. The number of aromatic nitrogens is 1. The summed E-state index contributed by atoms with van der Waals surface area (Å²) < 4.78 is 0. The summed E-state index contributed by atoms with van der Waals surface area (Å²) in [6.07, 6.45) is 0.918. The minimum Gasteiger partial charge on any atom is -0.507 e. The number of phenols is 1. The van der Waals surface area contributed by atoms with E-state index in [4.69, 9.17) is 10.2 Å². The van der Waals surface area contributed by atoms with E-state index in [1.807, 2.05) is 0 Å². The molecule has 6 nitrogen and oxygen atoms in total. The number of carboxylic acid groups (broad SMARTS) is 1. The van der Waals surface area contributed by atoms with Crippen LogP contribution in [-0.4, -0.2) is 38.0 Å². The van der Waals surface area contributed by atoms with Crippen molar-refractivity contribution in [2.75, 3.05) is 6.61 Å². The molecule has 100 valence electrons. The van der Waals surface area contributed by atoms with E-state index in [1.165, 1.54) is 0 Å². The molecule has 0 saturated carbocycles. The largest absolute Gasteiger partial charge is 0.507 e. The number of hydrogen-bond acceptors (Lipinski definition) is 5. The predicted molar refractivity (Wildman–Crippen MR) is 67.4 cm³/mol. The number of nitrogens with zero attached hydrogens (tertiary/aromatic N) is 1. The standard InChI is InChI=1S/C13H13NO5/c15-5-1-2-7-3-4-8-10(16)6-9(13(18)19)14-11(8)12(7)17/h3-4,6,15,17H,1-2,5H2,(H,14,16)(H,18,19). The second-order valence-corrected chi connectivity index (χ2v) is 4.13. The minimum absolute atomic E-state index is 0.00861. The molecule has 0 radical (unpaired) electrons. The average molecular weight is 263 g/mol. The molecule has 0 fully saturated rings. The Balaban J connectivity index is 2.62. The van der Waals surface area contributed by atoms with Crippen LogP contribution in [0.1, 0.15) is 22.5 Å². The zero-order chi connectivity index (χ0) is 14.0. The van der Waals surface area contributed by atoms with Crippen molar-refractivity contribution in [3.8, 4) is 11.5 Å². The molecule has 0 aliphatic rings. The van der Waals surface area contributed by atoms with Gasteiger partial charge in [0, 0.05) is 18.1 Å². The third-order valence-corrected chi connectivity index (χ3v) is 2.84. The Labute approximate surface area is 108 Å². The molecular weight excluding hydrogens is 250 g/mol. The van der Waals surface area contributed by atoms with Crippen LogP contribution in [0, 0.1) is 0 Å². The van der Waals surface area contributed by atoms with Gasteiger partial charge in [-0.05, 0) is 24.5 Å². The van der Waals surface area contributed by atoms with E-state index in [2.05, 4.69) is 4.98 Å². The normalized spacial score (nSPS) is 10.8. The van der Waals surface area contributed by atoms with Crippen LogP contribution in [0.2, 0.25) is 0 Å². The number of phenolic OH excluding ortho intramolecular Hbond substituents is 1. The highest BCUT2D eigenvalue weighted by molar-refractivity contribution is 5.95. The number of fused-ring (bicyclic) bond motifs is 1. The molecule has 1 heterocycles. The number of aromatic carboxylic acids is 1. The Hall–Kier alpha value is -2.34. The fourth-order valence-corrected chi connectivity index (χ4v) is 1.88. The van der Waals surface area contributed by atoms with E-state index in [0.29, 0.717) is 18.4 Å². The van der Waals surface area contributed by atoms with Gasteiger partial charge in [-0.2, -0.15) is 0 Å². The molecule has 1 aromatic heterocycles. The molecule has 0 unspecified atom stereocenters. The maximum atomic E-state index is 10.9. The van der Waals surface area contributed by atoms with E-state index < -0.39 is 5.97 Å². The first kappa shape index (κ1) is 13.1. The van der Waals surface area contributed by atoms with Crippen molar-refractivity contribution in [3.05, 3.63) is 29.5 Å². The Kier molecular flexibility index (Phi) is 3.52. The van der Waals surface area contributed by atoms with E-state index in [1.54, 1.807) is 12.1 Å². The quantitative estimate of drug-likeness (QED) is 0.661. The van der Waals surface area contributed by atoms with Crippen molar-refractivity contribution in [3.63, 3.8) is 0 Å². The Morgan fingerprint density at radius 3 is 2.63 bits per heavy atom. The van der Waals surface area contributed by atoms with Crippen LogP contribution in [0.3, 0.4) is 0 Å². The maximum Gasteiger partial charge on any atom is 0.354 e. The highest BCUT2D eigenvalue weighted by Crippen LogP contribution is 2.33. The molecular formula is C13H13NO5. The van der Waals surface area contributed by atoms with Crippen molar-refractivity contribution in [2.24, 2.45) is 0 Å². The van der Waals surface area contributed by atoms with Gasteiger partial charge in [0.15, 0.2) is 5.69 Å². The lowest BCUT2D eigenvalue weighted by Crippen LogP contribution is -2.01. The van der Waals surface area contributed by atoms with Crippen molar-refractivity contribution in [1.29, 1.82) is 0 Å². The minimum atomic E-state index is -1.28. The average Bonchev–Trinajstić information content (AvgIpc) is 2.38. The molecule has 4 N–H and O–H groups in total. The van der Waals surface area contributed by atoms with Crippen molar-refractivity contribution >= 4 is 16.9 Å². The van der Waals surface area contributed by atoms with Gasteiger partial charge in [-0.1, -0.05) is 6.07 Å². The fourth-order valence-electron chi connectivity index (χ4n) is 1.88. The number of rotatable bonds is 4. The first-order chi connectivity index (χ1) is 9.04. The summed E-state index contributed by atoms with van der Waals surface area (Å²) in [7, 11) is 0. The number of benzene rings is 1. The van der Waals surface area contributed by atoms with Gasteiger partial charge in [-0.15, -0.1) is 0 Å². The van der Waals surface area contributed by atoms with Crippen molar-refractivity contribution in [2.45, 2.75) is 12.8 Å². The second-order valence-electron chi connectivity index (χ2n) is 4.13. The molecule has 0 saturated heterocycles. The van der Waals surface area contributed by atoms with E-state index in [9.17, 15) is 15.0 Å². The van der Waals surface area contributed by atoms with Gasteiger partial charge >= 0.3 is 5.97 Å². The number of aliphatic hydroxyl groups excluding tert-OH is 1. The molecule has 19 heavy (non-hydrogen) atoms. The first-order valence-electron chi connectivity index (χ1n) is 5.73. The van der Waals surface area contributed by atoms with Crippen LogP contribution in [0.25, 0.3) is 10.9 Å². The summed E-state index contributed by atoms with van der Waals surface area (Å²) in [6, 6.07) is 4.22. The first-order valence-corrected chi connectivity index (χ1v) is 5.73. The van der Waals surface area contributed by atoms with Gasteiger partial charge in [0.25, 0.3) is 0 Å². The molecule has 0 amide bonds. The third kappa shape index (κ3) is 2.43. The number of hydrogen-bond donors (Lipinski definition) is 4. The van der Waals surface area contributed by atoms with Crippen LogP contribution in [0.5, 0.6) is 11.5 Å². The molecule has 1 aromatic carbocycles. The van der Waals surface area contributed by atoms with Gasteiger partial charge < -0.3 is 20.4 Å². The van der Waals surface area contributed by atoms with Gasteiger partial charge in [0.05, 0.1) is 0 Å². The monoisotopic (exact) mass is 263 g/mol. The zero-order valence-electron chi connectivity index (χ0n) is 10.00. The van der Waals surface area contributed by atoms with Crippen LogP contribution in [-0.2, 0) is 6.42 Å². The molecule has 0 aliphatic heterocycles. The van der Waals surface area contributed by atoms with Crippen molar-refractivity contribution < 1.29 is 25.2 Å². The molecule has 0 atom stereocenters. The highest BCUT2D eigenvalue weighted by atomic mass is 16.4. The molecule has 0 bridgehead atoms. The van der Waals surface area contributed by atoms with Gasteiger partial charge in [0.1, 0.15) is 17.0 Å². The maximum absolute atomic E-state index is 10.9. The number of carbonyl (C=O) groups is 1. The number of aryl methyl sites for hydroxylation is 1. The predicted octanol–water partition coefficient (Wildman–Crippen LogP) is 1.27. The van der Waals surface area contributed by atoms with E-state index in [-0.39, 0.29) is 34.7 Å². The van der Waals surface area contributed by atoms with Crippen molar-refractivity contribution in [1.82, 2.24) is 4.98 Å². The highest BCUT2D eigenvalue weighted by Gasteiger charge is 2.15. The fraction of sp³-hybridized carbons (Fsp3) is 0.231. The number of pyridine rings is 1. The molecule has 0 aliphatic carbocycles. The Morgan fingerprint density at radius 1 is 1.26 bits per heavy atom. The molecule has 2 aromatic rings. The van der Waals surface area contributed by atoms with Gasteiger partial charge in [0.2, 0.25) is 0 Å². The number of carboxylic acids is 1. The van der Waals surface area contributed by atoms with Crippen LogP contribution < -0.4 is 0 Å².